The van der Waals surface area contributed by atoms with E-state index in [0.717, 1.165) is 10.1 Å². The zero-order chi connectivity index (χ0) is 21.6. The summed E-state index contributed by atoms with van der Waals surface area (Å²) in [5.41, 5.74) is 2.52. The molecule has 1 aromatic heterocycles. The Hall–Kier alpha value is -2.38. The highest BCUT2D eigenvalue weighted by Crippen LogP contribution is 2.29. The van der Waals surface area contributed by atoms with Crippen LogP contribution in [-0.4, -0.2) is 22.2 Å². The average molecular weight is 442 g/mol. The molecule has 0 aliphatic rings. The average Bonchev–Trinajstić information content (AvgIpc) is 3.18. The molecule has 1 atom stereocenters. The van der Waals surface area contributed by atoms with Crippen molar-refractivity contribution in [3.05, 3.63) is 65.7 Å². The Morgan fingerprint density at radius 2 is 1.80 bits per heavy atom. The minimum Gasteiger partial charge on any atom is -0.481 e. The Morgan fingerprint density at radius 3 is 2.43 bits per heavy atom. The van der Waals surface area contributed by atoms with Gasteiger partial charge in [-0.25, -0.2) is 0 Å². The molecule has 0 saturated heterocycles. The van der Waals surface area contributed by atoms with Gasteiger partial charge >= 0.3 is 0 Å². The number of carbonyl (C=O) groups excluding carboxylic acids is 1. The third-order valence-corrected chi connectivity index (χ3v) is 6.55. The summed E-state index contributed by atoms with van der Waals surface area (Å²) >= 11 is 2.98. The van der Waals surface area contributed by atoms with Crippen LogP contribution in [0, 0.1) is 0 Å². The Kier molecular flexibility index (Phi) is 7.50. The summed E-state index contributed by atoms with van der Waals surface area (Å²) in [6.07, 6.45) is -0.0313. The first kappa shape index (κ1) is 22.3. The van der Waals surface area contributed by atoms with E-state index >= 15 is 0 Å². The molecule has 5 nitrogen and oxygen atoms in total. The van der Waals surface area contributed by atoms with Gasteiger partial charge in [0.05, 0.1) is 0 Å². The van der Waals surface area contributed by atoms with Crippen molar-refractivity contribution in [3.63, 3.8) is 0 Å². The first-order valence-corrected chi connectivity index (χ1v) is 11.7. The van der Waals surface area contributed by atoms with Gasteiger partial charge in [-0.05, 0) is 35.1 Å². The van der Waals surface area contributed by atoms with Crippen molar-refractivity contribution in [2.24, 2.45) is 0 Å². The number of nitrogens with zero attached hydrogens (tertiary/aromatic N) is 2. The molecule has 2 aromatic carbocycles. The number of carbonyl (C=O) groups is 1. The summed E-state index contributed by atoms with van der Waals surface area (Å²) in [4.78, 5) is 12.7. The van der Waals surface area contributed by atoms with E-state index in [1.54, 1.807) is 11.8 Å². The lowest BCUT2D eigenvalue weighted by molar-refractivity contribution is -0.122. The predicted molar refractivity (Wildman–Crippen MR) is 124 cm³/mol. The van der Waals surface area contributed by atoms with Crippen LogP contribution >= 0.6 is 23.1 Å². The zero-order valence-electron chi connectivity index (χ0n) is 17.7. The number of thioether (sulfide) groups is 1. The van der Waals surface area contributed by atoms with E-state index in [1.807, 2.05) is 49.4 Å². The molecule has 0 bridgehead atoms. The van der Waals surface area contributed by atoms with Crippen LogP contribution in [0.2, 0.25) is 0 Å². The minimum atomic E-state index is -0.588. The van der Waals surface area contributed by atoms with Gasteiger partial charge in [-0.15, -0.1) is 10.2 Å². The fraction of sp³-hybridized carbons (Fsp3) is 0.348. The highest BCUT2D eigenvalue weighted by atomic mass is 32.2. The lowest BCUT2D eigenvalue weighted by atomic mass is 9.87. The molecule has 1 unspecified atom stereocenters. The van der Waals surface area contributed by atoms with Gasteiger partial charge in [-0.1, -0.05) is 93.3 Å². The number of benzene rings is 2. The number of nitrogens with one attached hydrogen (secondary N) is 1. The zero-order valence-corrected chi connectivity index (χ0v) is 19.3. The highest BCUT2D eigenvalue weighted by molar-refractivity contribution is 8.00. The monoisotopic (exact) mass is 441 g/mol. The molecule has 30 heavy (non-hydrogen) atoms. The summed E-state index contributed by atoms with van der Waals surface area (Å²) in [5, 5.41) is 11.6. The molecular weight excluding hydrogens is 414 g/mol. The molecule has 0 aliphatic carbocycles. The summed E-state index contributed by atoms with van der Waals surface area (Å²) in [6, 6.07) is 18.1. The SMILES string of the molecule is CCC(Oc1ccc(C(C)(C)C)cc1)C(=O)Nc1nnc(SCc2ccccc2)s1. The number of ether oxygens (including phenoxy) is 1. The van der Waals surface area contributed by atoms with Gasteiger partial charge in [0.25, 0.3) is 5.91 Å². The topological polar surface area (TPSA) is 64.1 Å². The Bertz CT molecular complexity index is 951. The molecule has 3 rings (SSSR count). The minimum absolute atomic E-state index is 0.0775. The van der Waals surface area contributed by atoms with Crippen LogP contribution in [0.3, 0.4) is 0 Å². The Labute approximate surface area is 186 Å². The van der Waals surface area contributed by atoms with E-state index < -0.39 is 6.10 Å². The molecule has 7 heteroatoms. The highest BCUT2D eigenvalue weighted by Gasteiger charge is 2.21. The van der Waals surface area contributed by atoms with Crippen LogP contribution in [-0.2, 0) is 16.0 Å². The molecule has 0 spiro atoms. The van der Waals surface area contributed by atoms with Crippen molar-refractivity contribution < 1.29 is 9.53 Å². The van der Waals surface area contributed by atoms with E-state index in [4.69, 9.17) is 4.74 Å². The van der Waals surface area contributed by atoms with Crippen molar-refractivity contribution in [2.45, 2.75) is 55.7 Å². The molecule has 3 aromatic rings. The van der Waals surface area contributed by atoms with E-state index in [-0.39, 0.29) is 11.3 Å². The lowest BCUT2D eigenvalue weighted by Gasteiger charge is -2.20. The van der Waals surface area contributed by atoms with Crippen LogP contribution in [0.4, 0.5) is 5.13 Å². The number of rotatable bonds is 8. The standard InChI is InChI=1S/C23H27N3O2S2/c1-5-19(28-18-13-11-17(12-14-18)23(2,3)4)20(27)24-21-25-26-22(30-21)29-15-16-9-7-6-8-10-16/h6-14,19H,5,15H2,1-4H3,(H,24,25,27). The lowest BCUT2D eigenvalue weighted by Crippen LogP contribution is -2.32. The van der Waals surface area contributed by atoms with Gasteiger partial charge in [-0.3, -0.25) is 10.1 Å². The second-order valence-corrected chi connectivity index (χ2v) is 10.1. The number of hydrogen-bond donors (Lipinski definition) is 1. The summed E-state index contributed by atoms with van der Waals surface area (Å²) in [6.45, 7) is 8.42. The Balaban J connectivity index is 1.55. The second-order valence-electron chi connectivity index (χ2n) is 7.93. The molecule has 1 N–H and O–H groups in total. The summed E-state index contributed by atoms with van der Waals surface area (Å²) in [7, 11) is 0. The first-order chi connectivity index (χ1) is 14.3. The number of amides is 1. The number of hydrogen-bond acceptors (Lipinski definition) is 6. The number of aromatic nitrogens is 2. The van der Waals surface area contributed by atoms with Crippen LogP contribution in [0.25, 0.3) is 0 Å². The molecule has 0 saturated carbocycles. The summed E-state index contributed by atoms with van der Waals surface area (Å²) < 4.78 is 6.74. The third-order valence-electron chi connectivity index (χ3n) is 4.50. The predicted octanol–water partition coefficient (Wildman–Crippen LogP) is 5.92. The van der Waals surface area contributed by atoms with Crippen molar-refractivity contribution in [1.82, 2.24) is 10.2 Å². The molecule has 0 radical (unpaired) electrons. The molecule has 1 amide bonds. The molecule has 0 fully saturated rings. The third kappa shape index (κ3) is 6.31. The van der Waals surface area contributed by atoms with E-state index in [9.17, 15) is 4.79 Å². The van der Waals surface area contributed by atoms with Crippen molar-refractivity contribution in [1.29, 1.82) is 0 Å². The maximum atomic E-state index is 12.7. The maximum absolute atomic E-state index is 12.7. The van der Waals surface area contributed by atoms with Gasteiger partial charge < -0.3 is 4.74 Å². The van der Waals surface area contributed by atoms with Crippen LogP contribution in [0.15, 0.2) is 58.9 Å². The van der Waals surface area contributed by atoms with Crippen LogP contribution in [0.5, 0.6) is 5.75 Å². The Morgan fingerprint density at radius 1 is 1.10 bits per heavy atom. The fourth-order valence-electron chi connectivity index (χ4n) is 2.74. The van der Waals surface area contributed by atoms with Gasteiger partial charge in [0, 0.05) is 5.75 Å². The van der Waals surface area contributed by atoms with Crippen molar-refractivity contribution in [3.8, 4) is 5.75 Å². The molecule has 0 aliphatic heterocycles. The normalized spacial score (nSPS) is 12.4. The van der Waals surface area contributed by atoms with Crippen LogP contribution < -0.4 is 10.1 Å². The van der Waals surface area contributed by atoms with E-state index in [0.29, 0.717) is 17.3 Å². The molecule has 158 valence electrons. The van der Waals surface area contributed by atoms with Gasteiger partial charge in [0.1, 0.15) is 5.75 Å². The molecule has 1 heterocycles. The largest absolute Gasteiger partial charge is 0.481 e. The first-order valence-electron chi connectivity index (χ1n) is 9.93. The number of anilines is 1. The second kappa shape index (κ2) is 10.1. The summed E-state index contributed by atoms with van der Waals surface area (Å²) in [5.74, 6) is 1.28. The fourth-order valence-corrected chi connectivity index (χ4v) is 4.45. The van der Waals surface area contributed by atoms with E-state index in [2.05, 4.69) is 48.4 Å². The van der Waals surface area contributed by atoms with Crippen molar-refractivity contribution >= 4 is 34.1 Å². The quantitative estimate of drug-likeness (QED) is 0.347. The maximum Gasteiger partial charge on any atom is 0.267 e. The van der Waals surface area contributed by atoms with E-state index in [1.165, 1.54) is 22.5 Å². The van der Waals surface area contributed by atoms with Gasteiger partial charge in [-0.2, -0.15) is 0 Å². The smallest absolute Gasteiger partial charge is 0.267 e. The van der Waals surface area contributed by atoms with Crippen LogP contribution in [0.1, 0.15) is 45.2 Å². The van der Waals surface area contributed by atoms with Crippen molar-refractivity contribution in [2.75, 3.05) is 5.32 Å². The van der Waals surface area contributed by atoms with Gasteiger partial charge in [0.2, 0.25) is 5.13 Å². The molecular formula is C23H27N3O2S2. The van der Waals surface area contributed by atoms with Gasteiger partial charge in [0.15, 0.2) is 10.4 Å².